The normalized spacial score (nSPS) is 10.7. The van der Waals surface area contributed by atoms with E-state index in [1.54, 1.807) is 30.3 Å². The number of hydrogen-bond donors (Lipinski definition) is 1. The highest BCUT2D eigenvalue weighted by Crippen LogP contribution is 2.20. The van der Waals surface area contributed by atoms with Crippen LogP contribution in [0.1, 0.15) is 5.56 Å². The van der Waals surface area contributed by atoms with Crippen molar-refractivity contribution < 1.29 is 9.90 Å². The van der Waals surface area contributed by atoms with Gasteiger partial charge in [0.15, 0.2) is 0 Å². The Bertz CT molecular complexity index is 522. The van der Waals surface area contributed by atoms with Crippen LogP contribution in [-0.2, 0) is 4.79 Å². The number of nitrogens with zero attached hydrogens (tertiary/aromatic N) is 4. The SMILES string of the molecule is N#CC(C(=O)O)=C(N=[N+]=[N-])c1ccccc1. The van der Waals surface area contributed by atoms with E-state index in [9.17, 15) is 4.79 Å². The minimum atomic E-state index is -1.42. The van der Waals surface area contributed by atoms with E-state index in [0.717, 1.165) is 0 Å². The number of benzene rings is 1. The fourth-order valence-corrected chi connectivity index (χ4v) is 1.09. The maximum Gasteiger partial charge on any atom is 0.346 e. The summed E-state index contributed by atoms with van der Waals surface area (Å²) in [5.74, 6) is -1.42. The van der Waals surface area contributed by atoms with Crippen molar-refractivity contribution in [2.24, 2.45) is 5.11 Å². The predicted molar refractivity (Wildman–Crippen MR) is 55.8 cm³/mol. The largest absolute Gasteiger partial charge is 0.477 e. The summed E-state index contributed by atoms with van der Waals surface area (Å²) in [4.78, 5) is 13.3. The highest BCUT2D eigenvalue weighted by atomic mass is 16.4. The maximum atomic E-state index is 10.8. The third-order valence-corrected chi connectivity index (χ3v) is 1.75. The Morgan fingerprint density at radius 2 is 2.06 bits per heavy atom. The Morgan fingerprint density at radius 1 is 1.44 bits per heavy atom. The molecule has 1 aromatic carbocycles. The van der Waals surface area contributed by atoms with Crippen LogP contribution in [0, 0.1) is 11.3 Å². The zero-order valence-electron chi connectivity index (χ0n) is 8.03. The molecule has 0 aliphatic rings. The monoisotopic (exact) mass is 214 g/mol. The van der Waals surface area contributed by atoms with E-state index < -0.39 is 11.5 Å². The second-order valence-corrected chi connectivity index (χ2v) is 2.70. The molecule has 0 saturated carbocycles. The molecule has 0 aliphatic carbocycles. The van der Waals surface area contributed by atoms with Gasteiger partial charge in [-0.3, -0.25) is 0 Å². The quantitative estimate of drug-likeness (QED) is 0.274. The van der Waals surface area contributed by atoms with Crippen LogP contribution in [0.2, 0.25) is 0 Å². The summed E-state index contributed by atoms with van der Waals surface area (Å²) in [6.07, 6.45) is 0. The molecule has 0 aromatic heterocycles. The molecular formula is C10H6N4O2. The van der Waals surface area contributed by atoms with Crippen molar-refractivity contribution in [3.63, 3.8) is 0 Å². The Kier molecular flexibility index (Phi) is 3.67. The standard InChI is InChI=1S/C10H6N4O2/c11-6-8(10(15)16)9(13-14-12)7-4-2-1-3-5-7/h1-5H,(H,15,16). The third-order valence-electron chi connectivity index (χ3n) is 1.75. The van der Waals surface area contributed by atoms with Gasteiger partial charge in [-0.05, 0) is 11.1 Å². The van der Waals surface area contributed by atoms with Crippen molar-refractivity contribution in [2.75, 3.05) is 0 Å². The van der Waals surface area contributed by atoms with Gasteiger partial charge >= 0.3 is 5.97 Å². The Hall–Kier alpha value is -2.77. The minimum absolute atomic E-state index is 0.182. The second kappa shape index (κ2) is 5.20. The van der Waals surface area contributed by atoms with Gasteiger partial charge in [0.2, 0.25) is 0 Å². The molecule has 1 aromatic rings. The van der Waals surface area contributed by atoms with Crippen LogP contribution in [0.25, 0.3) is 16.1 Å². The molecule has 1 N–H and O–H groups in total. The molecule has 16 heavy (non-hydrogen) atoms. The summed E-state index contributed by atoms with van der Waals surface area (Å²) < 4.78 is 0. The van der Waals surface area contributed by atoms with Crippen LogP contribution >= 0.6 is 0 Å². The molecule has 0 heterocycles. The van der Waals surface area contributed by atoms with E-state index in [4.69, 9.17) is 15.9 Å². The summed E-state index contributed by atoms with van der Waals surface area (Å²) in [7, 11) is 0. The molecule has 0 bridgehead atoms. The van der Waals surface area contributed by atoms with Gasteiger partial charge < -0.3 is 5.11 Å². The lowest BCUT2D eigenvalue weighted by Crippen LogP contribution is -2.01. The van der Waals surface area contributed by atoms with Gasteiger partial charge in [-0.25, -0.2) is 4.79 Å². The van der Waals surface area contributed by atoms with Gasteiger partial charge in [0.05, 0.1) is 5.70 Å². The number of rotatable bonds is 3. The summed E-state index contributed by atoms with van der Waals surface area (Å²) in [6.45, 7) is 0. The smallest absolute Gasteiger partial charge is 0.346 e. The predicted octanol–water partition coefficient (Wildman–Crippen LogP) is 2.32. The third kappa shape index (κ3) is 2.38. The zero-order valence-corrected chi connectivity index (χ0v) is 8.03. The molecule has 6 nitrogen and oxygen atoms in total. The fraction of sp³-hybridized carbons (Fsp3) is 0. The van der Waals surface area contributed by atoms with Crippen molar-refractivity contribution in [3.8, 4) is 6.07 Å². The minimum Gasteiger partial charge on any atom is -0.477 e. The first kappa shape index (κ1) is 11.3. The number of aliphatic carboxylic acids is 1. The summed E-state index contributed by atoms with van der Waals surface area (Å²) in [6, 6.07) is 9.65. The fourth-order valence-electron chi connectivity index (χ4n) is 1.09. The molecule has 0 spiro atoms. The summed E-state index contributed by atoms with van der Waals surface area (Å²) in [5, 5.41) is 20.7. The van der Waals surface area contributed by atoms with E-state index >= 15 is 0 Å². The van der Waals surface area contributed by atoms with Crippen molar-refractivity contribution in [1.82, 2.24) is 0 Å². The van der Waals surface area contributed by atoms with Gasteiger partial charge in [-0.1, -0.05) is 35.4 Å². The number of carboxylic acid groups (broad SMARTS) is 1. The van der Waals surface area contributed by atoms with E-state index in [1.807, 2.05) is 0 Å². The van der Waals surface area contributed by atoms with Crippen LogP contribution in [-0.4, -0.2) is 11.1 Å². The number of hydrogen-bond acceptors (Lipinski definition) is 3. The van der Waals surface area contributed by atoms with E-state index in [-0.39, 0.29) is 5.70 Å². The number of nitriles is 1. The summed E-state index contributed by atoms with van der Waals surface area (Å²) in [5.41, 5.74) is 7.97. The van der Waals surface area contributed by atoms with Crippen LogP contribution in [0.4, 0.5) is 0 Å². The van der Waals surface area contributed by atoms with Gasteiger partial charge in [0, 0.05) is 4.91 Å². The van der Waals surface area contributed by atoms with Gasteiger partial charge in [-0.2, -0.15) is 5.26 Å². The summed E-state index contributed by atoms with van der Waals surface area (Å²) >= 11 is 0. The second-order valence-electron chi connectivity index (χ2n) is 2.70. The van der Waals surface area contributed by atoms with Crippen LogP contribution in [0.15, 0.2) is 41.0 Å². The topological polar surface area (TPSA) is 110 Å². The van der Waals surface area contributed by atoms with E-state index in [1.165, 1.54) is 6.07 Å². The van der Waals surface area contributed by atoms with Gasteiger partial charge in [0.1, 0.15) is 11.6 Å². The molecule has 6 heteroatoms. The Morgan fingerprint density at radius 3 is 2.50 bits per heavy atom. The zero-order chi connectivity index (χ0) is 12.0. The van der Waals surface area contributed by atoms with E-state index in [0.29, 0.717) is 5.56 Å². The number of carbonyl (C=O) groups is 1. The van der Waals surface area contributed by atoms with Crippen molar-refractivity contribution in [2.45, 2.75) is 0 Å². The maximum absolute atomic E-state index is 10.8. The number of azide groups is 1. The first-order valence-corrected chi connectivity index (χ1v) is 4.19. The van der Waals surface area contributed by atoms with Crippen molar-refractivity contribution in [3.05, 3.63) is 51.9 Å². The highest BCUT2D eigenvalue weighted by Gasteiger charge is 2.14. The average molecular weight is 214 g/mol. The molecular weight excluding hydrogens is 208 g/mol. The average Bonchev–Trinajstić information content (AvgIpc) is 2.29. The molecule has 0 atom stereocenters. The molecule has 0 saturated heterocycles. The molecule has 0 unspecified atom stereocenters. The van der Waals surface area contributed by atoms with Gasteiger partial charge in [-0.15, -0.1) is 0 Å². The van der Waals surface area contributed by atoms with Crippen LogP contribution in [0.3, 0.4) is 0 Å². The highest BCUT2D eigenvalue weighted by molar-refractivity contribution is 6.00. The first-order chi connectivity index (χ1) is 7.70. The Labute approximate surface area is 90.7 Å². The molecule has 1 rings (SSSR count). The molecule has 0 aliphatic heterocycles. The lowest BCUT2D eigenvalue weighted by Gasteiger charge is -2.01. The van der Waals surface area contributed by atoms with E-state index in [2.05, 4.69) is 10.0 Å². The van der Waals surface area contributed by atoms with Crippen molar-refractivity contribution >= 4 is 11.7 Å². The van der Waals surface area contributed by atoms with Crippen LogP contribution in [0.5, 0.6) is 0 Å². The number of carboxylic acids is 1. The molecule has 0 fully saturated rings. The van der Waals surface area contributed by atoms with Crippen LogP contribution < -0.4 is 0 Å². The van der Waals surface area contributed by atoms with Crippen molar-refractivity contribution in [1.29, 1.82) is 5.26 Å². The Balaban J connectivity index is 3.47. The molecule has 0 radical (unpaired) electrons. The molecule has 78 valence electrons. The lowest BCUT2D eigenvalue weighted by atomic mass is 10.1. The first-order valence-electron chi connectivity index (χ1n) is 4.19. The molecule has 0 amide bonds. The van der Waals surface area contributed by atoms with Gasteiger partial charge in [0.25, 0.3) is 0 Å². The lowest BCUT2D eigenvalue weighted by molar-refractivity contribution is -0.132.